The number of fused-ring (bicyclic) bond motifs is 2. The summed E-state index contributed by atoms with van der Waals surface area (Å²) in [5, 5.41) is 3.58. The number of anilines is 1. The molecule has 3 aromatic carbocycles. The Morgan fingerprint density at radius 3 is 2.45 bits per heavy atom. The first-order valence-corrected chi connectivity index (χ1v) is 13.5. The lowest BCUT2D eigenvalue weighted by atomic mass is 10.1. The molecule has 0 aliphatic rings. The number of hydrogen-bond donors (Lipinski definition) is 1. The Hall–Kier alpha value is -5.38. The number of para-hydroxylation sites is 1. The van der Waals surface area contributed by atoms with Crippen LogP contribution in [0.2, 0.25) is 0 Å². The highest BCUT2D eigenvalue weighted by atomic mass is 19.1. The van der Waals surface area contributed by atoms with Gasteiger partial charge in [-0.15, -0.1) is 0 Å². The molecular formula is C32H27FN6O3. The van der Waals surface area contributed by atoms with E-state index >= 15 is 0 Å². The molecule has 1 N–H and O–H groups in total. The Labute approximate surface area is 239 Å². The van der Waals surface area contributed by atoms with Gasteiger partial charge in [-0.05, 0) is 48.4 Å². The first-order chi connectivity index (χ1) is 20.5. The quantitative estimate of drug-likeness (QED) is 0.270. The lowest BCUT2D eigenvalue weighted by molar-refractivity contribution is 0.414. The summed E-state index contributed by atoms with van der Waals surface area (Å²) in [6.45, 7) is 2.40. The number of methoxy groups -OCH3 is 1. The predicted octanol–water partition coefficient (Wildman–Crippen LogP) is 5.25. The number of rotatable bonds is 8. The fourth-order valence-electron chi connectivity index (χ4n) is 5.08. The summed E-state index contributed by atoms with van der Waals surface area (Å²) in [6, 6.07) is 21.9. The van der Waals surface area contributed by atoms with Gasteiger partial charge < -0.3 is 14.6 Å². The molecule has 0 spiro atoms. The minimum Gasteiger partial charge on any atom is -0.497 e. The normalized spacial score (nSPS) is 12.0. The molecular weight excluding hydrogens is 535 g/mol. The SMILES string of the molecule is CC[C@H](Nc1ncnc2c1c(=O)ccn2Cc1ccc(OC)cc1)c1nc2cccc(F)c2c(=O)n1-c1ccccc1. The van der Waals surface area contributed by atoms with Gasteiger partial charge in [0.15, 0.2) is 5.43 Å². The molecule has 42 heavy (non-hydrogen) atoms. The van der Waals surface area contributed by atoms with Gasteiger partial charge in [0.1, 0.15) is 46.0 Å². The molecule has 210 valence electrons. The van der Waals surface area contributed by atoms with Crippen molar-refractivity contribution in [2.45, 2.75) is 25.9 Å². The molecule has 3 aromatic heterocycles. The van der Waals surface area contributed by atoms with Gasteiger partial charge in [0.05, 0.1) is 24.4 Å². The van der Waals surface area contributed by atoms with Crippen molar-refractivity contribution in [3.8, 4) is 11.4 Å². The highest BCUT2D eigenvalue weighted by Crippen LogP contribution is 2.27. The fraction of sp³-hybridized carbons (Fsp3) is 0.156. The summed E-state index contributed by atoms with van der Waals surface area (Å²) in [6.07, 6.45) is 3.59. The van der Waals surface area contributed by atoms with Gasteiger partial charge in [-0.1, -0.05) is 43.3 Å². The zero-order chi connectivity index (χ0) is 29.2. The van der Waals surface area contributed by atoms with E-state index in [0.717, 1.165) is 11.3 Å². The molecule has 0 aliphatic heterocycles. The highest BCUT2D eigenvalue weighted by Gasteiger charge is 2.23. The maximum atomic E-state index is 14.8. The number of benzene rings is 3. The van der Waals surface area contributed by atoms with Crippen molar-refractivity contribution in [1.82, 2.24) is 24.1 Å². The Kier molecular flexibility index (Phi) is 7.18. The van der Waals surface area contributed by atoms with Crippen molar-refractivity contribution in [3.63, 3.8) is 0 Å². The second-order valence-electron chi connectivity index (χ2n) is 9.76. The Morgan fingerprint density at radius 2 is 1.71 bits per heavy atom. The maximum absolute atomic E-state index is 14.8. The van der Waals surface area contributed by atoms with Crippen molar-refractivity contribution < 1.29 is 9.13 Å². The molecule has 0 aliphatic carbocycles. The average molecular weight is 563 g/mol. The van der Waals surface area contributed by atoms with E-state index in [1.165, 1.54) is 29.1 Å². The minimum atomic E-state index is -0.638. The van der Waals surface area contributed by atoms with E-state index in [4.69, 9.17) is 9.72 Å². The number of nitrogens with one attached hydrogen (secondary N) is 1. The van der Waals surface area contributed by atoms with Crippen LogP contribution in [0.4, 0.5) is 10.2 Å². The van der Waals surface area contributed by atoms with Crippen molar-refractivity contribution in [1.29, 1.82) is 0 Å². The number of hydrogen-bond acceptors (Lipinski definition) is 7. The zero-order valence-electron chi connectivity index (χ0n) is 23.0. The van der Waals surface area contributed by atoms with E-state index in [0.29, 0.717) is 41.3 Å². The summed E-state index contributed by atoms with van der Waals surface area (Å²) < 4.78 is 23.4. The Balaban J connectivity index is 1.47. The van der Waals surface area contributed by atoms with Crippen LogP contribution < -0.4 is 21.0 Å². The topological polar surface area (TPSA) is 104 Å². The summed E-state index contributed by atoms with van der Waals surface area (Å²) in [5.74, 6) is 0.797. The van der Waals surface area contributed by atoms with Gasteiger partial charge in [-0.25, -0.2) is 19.3 Å². The third-order valence-electron chi connectivity index (χ3n) is 7.18. The minimum absolute atomic E-state index is 0.0890. The average Bonchev–Trinajstić information content (AvgIpc) is 3.02. The van der Waals surface area contributed by atoms with E-state index < -0.39 is 17.4 Å². The molecule has 6 rings (SSSR count). The maximum Gasteiger partial charge on any atom is 0.269 e. The zero-order valence-corrected chi connectivity index (χ0v) is 23.0. The van der Waals surface area contributed by atoms with Crippen LogP contribution in [0.5, 0.6) is 5.75 Å². The number of ether oxygens (including phenoxy) is 1. The highest BCUT2D eigenvalue weighted by molar-refractivity contribution is 5.86. The van der Waals surface area contributed by atoms with Crippen LogP contribution in [0.1, 0.15) is 30.8 Å². The van der Waals surface area contributed by atoms with Gasteiger partial charge in [-0.2, -0.15) is 0 Å². The van der Waals surface area contributed by atoms with Crippen LogP contribution in [0.25, 0.3) is 27.6 Å². The van der Waals surface area contributed by atoms with Crippen LogP contribution >= 0.6 is 0 Å². The largest absolute Gasteiger partial charge is 0.497 e. The molecule has 6 aromatic rings. The van der Waals surface area contributed by atoms with E-state index in [1.54, 1.807) is 43.6 Å². The van der Waals surface area contributed by atoms with Gasteiger partial charge in [-0.3, -0.25) is 14.2 Å². The fourth-order valence-corrected chi connectivity index (χ4v) is 5.08. The van der Waals surface area contributed by atoms with Gasteiger partial charge >= 0.3 is 0 Å². The second kappa shape index (κ2) is 11.2. The van der Waals surface area contributed by atoms with Crippen LogP contribution in [-0.2, 0) is 6.54 Å². The van der Waals surface area contributed by atoms with Crippen LogP contribution in [-0.4, -0.2) is 31.2 Å². The summed E-state index contributed by atoms with van der Waals surface area (Å²) in [5.41, 5.74) is 1.48. The third kappa shape index (κ3) is 4.87. The first kappa shape index (κ1) is 26.8. The Bertz CT molecular complexity index is 2020. The molecule has 9 nitrogen and oxygen atoms in total. The molecule has 0 unspecified atom stereocenters. The third-order valence-corrected chi connectivity index (χ3v) is 7.18. The van der Waals surface area contributed by atoms with Crippen LogP contribution in [0.3, 0.4) is 0 Å². The van der Waals surface area contributed by atoms with Crippen LogP contribution in [0, 0.1) is 5.82 Å². The number of aromatic nitrogens is 5. The standard InChI is InChI=1S/C32H27FN6O3/c1-3-24(30-37-25-11-7-10-23(33)27(25)32(41)39(30)21-8-5-4-6-9-21)36-29-28-26(40)16-17-38(31(28)35-19-34-29)18-20-12-14-22(42-2)15-13-20/h4-17,19,24H,3,18H2,1-2H3,(H,34,35,36)/t24-/m0/s1. The number of pyridine rings is 1. The Morgan fingerprint density at radius 1 is 0.929 bits per heavy atom. The molecule has 0 bridgehead atoms. The number of nitrogens with zero attached hydrogens (tertiary/aromatic N) is 5. The number of halogens is 1. The van der Waals surface area contributed by atoms with E-state index in [9.17, 15) is 14.0 Å². The van der Waals surface area contributed by atoms with Crippen molar-refractivity contribution in [3.05, 3.63) is 129 Å². The molecule has 0 saturated heterocycles. The first-order valence-electron chi connectivity index (χ1n) is 13.5. The summed E-state index contributed by atoms with van der Waals surface area (Å²) in [7, 11) is 1.62. The lowest BCUT2D eigenvalue weighted by Crippen LogP contribution is -2.29. The van der Waals surface area contributed by atoms with Crippen molar-refractivity contribution >= 4 is 27.8 Å². The van der Waals surface area contributed by atoms with Crippen molar-refractivity contribution in [2.75, 3.05) is 12.4 Å². The van der Waals surface area contributed by atoms with E-state index in [2.05, 4.69) is 15.3 Å². The molecule has 10 heteroatoms. The van der Waals surface area contributed by atoms with Crippen LogP contribution in [0.15, 0.2) is 101 Å². The molecule has 0 radical (unpaired) electrons. The molecule has 0 amide bonds. The van der Waals surface area contributed by atoms with E-state index in [-0.39, 0.29) is 16.3 Å². The molecule has 0 saturated carbocycles. The molecule has 1 atom stereocenters. The second-order valence-corrected chi connectivity index (χ2v) is 9.76. The lowest BCUT2D eigenvalue weighted by Gasteiger charge is -2.23. The van der Waals surface area contributed by atoms with Gasteiger partial charge in [0, 0.05) is 18.8 Å². The predicted molar refractivity (Wildman–Crippen MR) is 160 cm³/mol. The molecule has 3 heterocycles. The smallest absolute Gasteiger partial charge is 0.269 e. The summed E-state index contributed by atoms with van der Waals surface area (Å²) in [4.78, 5) is 40.5. The molecule has 0 fully saturated rings. The summed E-state index contributed by atoms with van der Waals surface area (Å²) >= 11 is 0. The van der Waals surface area contributed by atoms with Gasteiger partial charge in [0.25, 0.3) is 5.56 Å². The van der Waals surface area contributed by atoms with E-state index in [1.807, 2.05) is 41.8 Å². The monoisotopic (exact) mass is 562 g/mol. The van der Waals surface area contributed by atoms with Gasteiger partial charge in [0.2, 0.25) is 0 Å². The van der Waals surface area contributed by atoms with Crippen molar-refractivity contribution in [2.24, 2.45) is 0 Å².